The first kappa shape index (κ1) is 27.8. The number of benzene rings is 3. The Hall–Kier alpha value is -4.79. The largest absolute Gasteiger partial charge is 0.494 e. The summed E-state index contributed by atoms with van der Waals surface area (Å²) in [7, 11) is 1.47. The Morgan fingerprint density at radius 1 is 0.789 bits per heavy atom. The van der Waals surface area contributed by atoms with Crippen molar-refractivity contribution >= 4 is 17.9 Å². The van der Waals surface area contributed by atoms with E-state index in [1.165, 1.54) is 19.2 Å². The Labute approximate surface area is 220 Å². The predicted octanol–water partition coefficient (Wildman–Crippen LogP) is 4.78. The van der Waals surface area contributed by atoms with Gasteiger partial charge < -0.3 is 28.4 Å². The second-order valence-electron chi connectivity index (χ2n) is 7.67. The molecule has 0 saturated carbocycles. The molecular formula is C29H28O9. The summed E-state index contributed by atoms with van der Waals surface area (Å²) in [4.78, 5) is 35.9. The summed E-state index contributed by atoms with van der Waals surface area (Å²) < 4.78 is 31.6. The van der Waals surface area contributed by atoms with Crippen LogP contribution in [-0.4, -0.2) is 45.0 Å². The lowest BCUT2D eigenvalue weighted by Gasteiger charge is -2.12. The van der Waals surface area contributed by atoms with Crippen molar-refractivity contribution in [2.24, 2.45) is 0 Å². The molecule has 0 amide bonds. The van der Waals surface area contributed by atoms with Crippen LogP contribution < -0.4 is 18.9 Å². The number of methoxy groups -OCH3 is 1. The molecule has 198 valence electrons. The van der Waals surface area contributed by atoms with Crippen molar-refractivity contribution in [3.8, 4) is 23.0 Å². The van der Waals surface area contributed by atoms with Gasteiger partial charge in [0.05, 0.1) is 31.5 Å². The highest BCUT2D eigenvalue weighted by molar-refractivity contribution is 5.91. The van der Waals surface area contributed by atoms with Gasteiger partial charge in [0.15, 0.2) is 11.5 Å². The zero-order valence-corrected chi connectivity index (χ0v) is 21.1. The molecule has 0 bridgehead atoms. The molecule has 0 spiro atoms. The van der Waals surface area contributed by atoms with E-state index in [1.807, 2.05) is 6.92 Å². The van der Waals surface area contributed by atoms with Crippen LogP contribution in [0.4, 0.5) is 0 Å². The minimum atomic E-state index is -0.602. The van der Waals surface area contributed by atoms with Gasteiger partial charge in [0.25, 0.3) is 0 Å². The maximum atomic E-state index is 12.6. The molecule has 3 aromatic carbocycles. The van der Waals surface area contributed by atoms with E-state index in [0.717, 1.165) is 11.6 Å². The van der Waals surface area contributed by atoms with Crippen molar-refractivity contribution in [2.75, 3.05) is 27.1 Å². The molecule has 0 atom stereocenters. The summed E-state index contributed by atoms with van der Waals surface area (Å²) in [6, 6.07) is 18.0. The number of carbonyl (C=O) groups excluding carboxylic acids is 3. The van der Waals surface area contributed by atoms with Gasteiger partial charge in [-0.05, 0) is 73.2 Å². The minimum Gasteiger partial charge on any atom is -0.494 e. The predicted molar refractivity (Wildman–Crippen MR) is 138 cm³/mol. The third-order valence-corrected chi connectivity index (χ3v) is 5.14. The molecular weight excluding hydrogens is 492 g/mol. The SMILES string of the molecule is C=CC(=O)OCOc1ccc(C(=O)Oc2ccc(CCOC(=O)c3ccc(OCC)cc3)cc2OC)cc1. The highest BCUT2D eigenvalue weighted by Gasteiger charge is 2.14. The fourth-order valence-electron chi connectivity index (χ4n) is 3.21. The van der Waals surface area contributed by atoms with Gasteiger partial charge in [-0.2, -0.15) is 0 Å². The Morgan fingerprint density at radius 2 is 1.42 bits per heavy atom. The van der Waals surface area contributed by atoms with Crippen LogP contribution in [0.2, 0.25) is 0 Å². The van der Waals surface area contributed by atoms with Gasteiger partial charge in [-0.15, -0.1) is 0 Å². The molecule has 0 aliphatic heterocycles. The monoisotopic (exact) mass is 520 g/mol. The van der Waals surface area contributed by atoms with Gasteiger partial charge in [0.2, 0.25) is 6.79 Å². The lowest BCUT2D eigenvalue weighted by atomic mass is 10.1. The zero-order chi connectivity index (χ0) is 27.3. The molecule has 0 unspecified atom stereocenters. The van der Waals surface area contributed by atoms with E-state index in [9.17, 15) is 14.4 Å². The van der Waals surface area contributed by atoms with E-state index in [-0.39, 0.29) is 24.7 Å². The van der Waals surface area contributed by atoms with E-state index >= 15 is 0 Å². The first-order valence-corrected chi connectivity index (χ1v) is 11.7. The van der Waals surface area contributed by atoms with Crippen molar-refractivity contribution in [1.29, 1.82) is 0 Å². The van der Waals surface area contributed by atoms with Gasteiger partial charge in [-0.3, -0.25) is 0 Å². The first-order chi connectivity index (χ1) is 18.4. The van der Waals surface area contributed by atoms with Crippen LogP contribution in [-0.2, 0) is 20.7 Å². The molecule has 0 aliphatic rings. The molecule has 0 fully saturated rings. The number of rotatable bonds is 13. The summed E-state index contributed by atoms with van der Waals surface area (Å²) in [6.45, 7) is 5.61. The molecule has 3 aromatic rings. The Balaban J connectivity index is 1.52. The van der Waals surface area contributed by atoms with Crippen molar-refractivity contribution in [1.82, 2.24) is 0 Å². The normalized spacial score (nSPS) is 10.2. The number of hydrogen-bond acceptors (Lipinski definition) is 9. The fraction of sp³-hybridized carbons (Fsp3) is 0.207. The summed E-state index contributed by atoms with van der Waals surface area (Å²) in [5.41, 5.74) is 1.55. The van der Waals surface area contributed by atoms with Crippen molar-refractivity contribution in [3.05, 3.63) is 96.1 Å². The van der Waals surface area contributed by atoms with Gasteiger partial charge in [0.1, 0.15) is 11.5 Å². The summed E-state index contributed by atoms with van der Waals surface area (Å²) in [5.74, 6) is 0.0668. The van der Waals surface area contributed by atoms with Crippen LogP contribution >= 0.6 is 0 Å². The fourth-order valence-corrected chi connectivity index (χ4v) is 3.21. The molecule has 0 heterocycles. The smallest absolute Gasteiger partial charge is 0.343 e. The van der Waals surface area contributed by atoms with E-state index in [0.29, 0.717) is 35.8 Å². The molecule has 38 heavy (non-hydrogen) atoms. The standard InChI is InChI=1S/C29H28O9/c1-4-27(30)37-19-36-24-13-9-22(10-14-24)29(32)38-25-15-6-20(18-26(25)33-3)16-17-35-28(31)21-7-11-23(12-8-21)34-5-2/h4,6-15,18H,1,5,16-17,19H2,2-3H3. The molecule has 0 aliphatic carbocycles. The minimum absolute atomic E-state index is 0.162. The average Bonchev–Trinajstić information content (AvgIpc) is 2.94. The van der Waals surface area contributed by atoms with Crippen LogP contribution in [0.25, 0.3) is 0 Å². The second kappa shape index (κ2) is 14.1. The molecule has 9 heteroatoms. The van der Waals surface area contributed by atoms with Gasteiger partial charge in [-0.25, -0.2) is 14.4 Å². The van der Waals surface area contributed by atoms with Gasteiger partial charge in [-0.1, -0.05) is 12.6 Å². The van der Waals surface area contributed by atoms with Gasteiger partial charge >= 0.3 is 17.9 Å². The quantitative estimate of drug-likeness (QED) is 0.136. The van der Waals surface area contributed by atoms with Crippen molar-refractivity contribution < 1.29 is 42.8 Å². The second-order valence-corrected chi connectivity index (χ2v) is 7.67. The zero-order valence-electron chi connectivity index (χ0n) is 21.1. The van der Waals surface area contributed by atoms with E-state index < -0.39 is 17.9 Å². The summed E-state index contributed by atoms with van der Waals surface area (Å²) in [6.07, 6.45) is 1.47. The van der Waals surface area contributed by atoms with Crippen molar-refractivity contribution in [2.45, 2.75) is 13.3 Å². The molecule has 0 aromatic heterocycles. The van der Waals surface area contributed by atoms with Crippen LogP contribution in [0.1, 0.15) is 33.2 Å². The maximum absolute atomic E-state index is 12.6. The Morgan fingerprint density at radius 3 is 2.03 bits per heavy atom. The number of ether oxygens (including phenoxy) is 6. The molecule has 0 radical (unpaired) electrons. The lowest BCUT2D eigenvalue weighted by molar-refractivity contribution is -0.144. The van der Waals surface area contributed by atoms with E-state index in [4.69, 9.17) is 28.4 Å². The highest BCUT2D eigenvalue weighted by atomic mass is 16.7. The summed E-state index contributed by atoms with van der Waals surface area (Å²) >= 11 is 0. The topological polar surface area (TPSA) is 107 Å². The maximum Gasteiger partial charge on any atom is 0.343 e. The lowest BCUT2D eigenvalue weighted by Crippen LogP contribution is -2.10. The summed E-state index contributed by atoms with van der Waals surface area (Å²) in [5, 5.41) is 0. The number of hydrogen-bond donors (Lipinski definition) is 0. The number of carbonyl (C=O) groups is 3. The Bertz CT molecular complexity index is 1250. The van der Waals surface area contributed by atoms with Crippen LogP contribution in [0.3, 0.4) is 0 Å². The van der Waals surface area contributed by atoms with Crippen LogP contribution in [0.5, 0.6) is 23.0 Å². The van der Waals surface area contributed by atoms with E-state index in [1.54, 1.807) is 54.6 Å². The average molecular weight is 521 g/mol. The first-order valence-electron chi connectivity index (χ1n) is 11.7. The third kappa shape index (κ3) is 8.12. The van der Waals surface area contributed by atoms with Gasteiger partial charge in [0, 0.05) is 12.5 Å². The number of esters is 3. The molecule has 3 rings (SSSR count). The third-order valence-electron chi connectivity index (χ3n) is 5.14. The van der Waals surface area contributed by atoms with E-state index in [2.05, 4.69) is 6.58 Å². The molecule has 0 N–H and O–H groups in total. The van der Waals surface area contributed by atoms with Crippen LogP contribution in [0.15, 0.2) is 79.4 Å². The van der Waals surface area contributed by atoms with Crippen LogP contribution in [0, 0.1) is 0 Å². The Kier molecular flexibility index (Phi) is 10.3. The molecule has 9 nitrogen and oxygen atoms in total. The van der Waals surface area contributed by atoms with Crippen molar-refractivity contribution in [3.63, 3.8) is 0 Å². The molecule has 0 saturated heterocycles. The highest BCUT2D eigenvalue weighted by Crippen LogP contribution is 2.29.